The van der Waals surface area contributed by atoms with Crippen LogP contribution in [-0.4, -0.2) is 22.2 Å². The quantitative estimate of drug-likeness (QED) is 0.785. The molecule has 0 aliphatic heterocycles. The maximum absolute atomic E-state index is 11.5. The minimum absolute atomic E-state index is 0.0248. The van der Waals surface area contributed by atoms with Crippen molar-refractivity contribution in [1.29, 1.82) is 0 Å². The Bertz CT molecular complexity index is 535. The van der Waals surface area contributed by atoms with E-state index in [1.54, 1.807) is 6.92 Å². The second kappa shape index (κ2) is 6.75. The zero-order valence-electron chi connectivity index (χ0n) is 11.9. The van der Waals surface area contributed by atoms with E-state index in [0.29, 0.717) is 23.5 Å². The molecular weight excluding hydrogens is 280 g/mol. The maximum atomic E-state index is 11.5. The topological polar surface area (TPSA) is 74.6 Å². The van der Waals surface area contributed by atoms with Crippen molar-refractivity contribution < 1.29 is 19.8 Å². The molecule has 2 N–H and O–H groups in total. The normalized spacial score (nSPS) is 10.8. The summed E-state index contributed by atoms with van der Waals surface area (Å²) in [6.45, 7) is 5.86. The lowest BCUT2D eigenvalue weighted by atomic mass is 9.89. The highest BCUT2D eigenvalue weighted by Crippen LogP contribution is 2.27. The average Bonchev–Trinajstić information content (AvgIpc) is 2.35. The number of halogens is 1. The van der Waals surface area contributed by atoms with E-state index in [2.05, 4.69) is 13.8 Å². The average molecular weight is 299 g/mol. The predicted octanol–water partition coefficient (Wildman–Crippen LogP) is 3.72. The summed E-state index contributed by atoms with van der Waals surface area (Å²) in [5.41, 5.74) is 1.60. The Morgan fingerprint density at radius 3 is 2.20 bits per heavy atom. The minimum atomic E-state index is -1.15. The van der Waals surface area contributed by atoms with Gasteiger partial charge in [0.1, 0.15) is 0 Å². The highest BCUT2D eigenvalue weighted by atomic mass is 35.5. The highest BCUT2D eigenvalue weighted by molar-refractivity contribution is 6.18. The molecule has 0 atom stereocenters. The minimum Gasteiger partial charge on any atom is -0.478 e. The molecule has 0 bridgehead atoms. The van der Waals surface area contributed by atoms with E-state index in [0.717, 1.165) is 6.42 Å². The van der Waals surface area contributed by atoms with E-state index in [9.17, 15) is 19.8 Å². The van der Waals surface area contributed by atoms with Gasteiger partial charge in [0.25, 0.3) is 0 Å². The molecule has 0 fully saturated rings. The Morgan fingerprint density at radius 1 is 1.20 bits per heavy atom. The van der Waals surface area contributed by atoms with Crippen molar-refractivity contribution in [1.82, 2.24) is 0 Å². The predicted molar refractivity (Wildman–Crippen MR) is 77.8 cm³/mol. The van der Waals surface area contributed by atoms with Crippen LogP contribution in [0.2, 0.25) is 0 Å². The number of carboxylic acid groups (broad SMARTS) is 2. The van der Waals surface area contributed by atoms with Crippen LogP contribution >= 0.6 is 11.6 Å². The molecule has 0 saturated heterocycles. The zero-order valence-corrected chi connectivity index (χ0v) is 12.6. The first kappa shape index (κ1) is 16.5. The summed E-state index contributed by atoms with van der Waals surface area (Å²) in [7, 11) is 0. The summed E-state index contributed by atoms with van der Waals surface area (Å²) in [6.07, 6.45) is 1.45. The Balaban J connectivity index is 3.50. The van der Waals surface area contributed by atoms with Crippen molar-refractivity contribution in [2.45, 2.75) is 39.5 Å². The molecule has 0 spiro atoms. The molecule has 0 unspecified atom stereocenters. The first-order chi connectivity index (χ1) is 9.29. The van der Waals surface area contributed by atoms with Crippen LogP contribution in [0.3, 0.4) is 0 Å². The van der Waals surface area contributed by atoms with Crippen LogP contribution in [0.25, 0.3) is 0 Å². The summed E-state index contributed by atoms with van der Waals surface area (Å²) in [5.74, 6) is -1.96. The lowest BCUT2D eigenvalue weighted by Crippen LogP contribution is -2.14. The fourth-order valence-electron chi connectivity index (χ4n) is 2.25. The van der Waals surface area contributed by atoms with Gasteiger partial charge < -0.3 is 10.2 Å². The van der Waals surface area contributed by atoms with Crippen LogP contribution in [-0.2, 0) is 12.3 Å². The monoisotopic (exact) mass is 298 g/mol. The Hall–Kier alpha value is -1.55. The molecule has 0 aliphatic carbocycles. The Morgan fingerprint density at radius 2 is 1.80 bits per heavy atom. The van der Waals surface area contributed by atoms with Gasteiger partial charge in [-0.2, -0.15) is 0 Å². The van der Waals surface area contributed by atoms with Crippen molar-refractivity contribution in [2.24, 2.45) is 5.92 Å². The van der Waals surface area contributed by atoms with Gasteiger partial charge in [0.05, 0.1) is 11.1 Å². The van der Waals surface area contributed by atoms with Gasteiger partial charge in [-0.25, -0.2) is 9.59 Å². The number of carbonyl (C=O) groups is 2. The first-order valence-electron chi connectivity index (χ1n) is 6.47. The summed E-state index contributed by atoms with van der Waals surface area (Å²) < 4.78 is 0. The number of aryl methyl sites for hydroxylation is 1. The van der Waals surface area contributed by atoms with Gasteiger partial charge in [-0.05, 0) is 48.4 Å². The Labute approximate surface area is 123 Å². The molecule has 4 nitrogen and oxygen atoms in total. The van der Waals surface area contributed by atoms with Gasteiger partial charge in [0, 0.05) is 5.88 Å². The molecule has 0 saturated carbocycles. The van der Waals surface area contributed by atoms with Gasteiger partial charge in [-0.1, -0.05) is 13.8 Å². The summed E-state index contributed by atoms with van der Waals surface area (Å²) >= 11 is 5.79. The number of hydrogen-bond acceptors (Lipinski definition) is 2. The van der Waals surface area contributed by atoms with E-state index in [1.165, 1.54) is 6.07 Å². The van der Waals surface area contributed by atoms with Crippen molar-refractivity contribution in [3.63, 3.8) is 0 Å². The van der Waals surface area contributed by atoms with E-state index in [1.807, 2.05) is 0 Å². The fraction of sp³-hybridized carbons (Fsp3) is 0.467. The van der Waals surface area contributed by atoms with Crippen LogP contribution < -0.4 is 0 Å². The van der Waals surface area contributed by atoms with Crippen LogP contribution in [0.15, 0.2) is 6.07 Å². The number of hydrogen-bond donors (Lipinski definition) is 2. The third-order valence-electron chi connectivity index (χ3n) is 3.32. The molecule has 0 amide bonds. The van der Waals surface area contributed by atoms with Gasteiger partial charge in [-0.3, -0.25) is 0 Å². The number of aromatic carboxylic acids is 2. The molecule has 1 aromatic rings. The van der Waals surface area contributed by atoms with Crippen molar-refractivity contribution in [3.05, 3.63) is 33.9 Å². The van der Waals surface area contributed by atoms with E-state index < -0.39 is 11.9 Å². The second-order valence-electron chi connectivity index (χ2n) is 5.25. The maximum Gasteiger partial charge on any atom is 0.336 e. The van der Waals surface area contributed by atoms with Crippen molar-refractivity contribution in [2.75, 3.05) is 0 Å². The van der Waals surface area contributed by atoms with Gasteiger partial charge >= 0.3 is 11.9 Å². The molecule has 1 aromatic carbocycles. The number of alkyl halides is 1. The van der Waals surface area contributed by atoms with Gasteiger partial charge in [0.15, 0.2) is 0 Å². The largest absolute Gasteiger partial charge is 0.478 e. The molecule has 1 rings (SSSR count). The van der Waals surface area contributed by atoms with Crippen LogP contribution in [0.5, 0.6) is 0 Å². The third kappa shape index (κ3) is 3.51. The smallest absolute Gasteiger partial charge is 0.336 e. The SMILES string of the molecule is Cc1cc(C(=O)O)c(CCl)c(C(=O)O)c1CCC(C)C. The highest BCUT2D eigenvalue weighted by Gasteiger charge is 2.23. The van der Waals surface area contributed by atoms with Gasteiger partial charge in [0.2, 0.25) is 0 Å². The molecule has 0 aliphatic rings. The number of benzene rings is 1. The number of rotatable bonds is 6. The first-order valence-corrected chi connectivity index (χ1v) is 7.00. The third-order valence-corrected chi connectivity index (χ3v) is 3.58. The van der Waals surface area contributed by atoms with Crippen LogP contribution in [0, 0.1) is 12.8 Å². The van der Waals surface area contributed by atoms with Crippen molar-refractivity contribution >= 4 is 23.5 Å². The zero-order chi connectivity index (χ0) is 15.4. The standard InChI is InChI=1S/C15H19ClO4/c1-8(2)4-5-10-9(3)6-11(14(17)18)12(7-16)13(10)15(19)20/h6,8H,4-5,7H2,1-3H3,(H,17,18)(H,19,20). The molecule has 0 heterocycles. The van der Waals surface area contributed by atoms with Crippen LogP contribution in [0.4, 0.5) is 0 Å². The van der Waals surface area contributed by atoms with E-state index >= 15 is 0 Å². The molecular formula is C15H19ClO4. The lowest BCUT2D eigenvalue weighted by Gasteiger charge is -2.16. The van der Waals surface area contributed by atoms with E-state index in [4.69, 9.17) is 11.6 Å². The molecule has 5 heteroatoms. The second-order valence-corrected chi connectivity index (χ2v) is 5.52. The van der Waals surface area contributed by atoms with Crippen LogP contribution in [0.1, 0.15) is 57.7 Å². The van der Waals surface area contributed by atoms with Gasteiger partial charge in [-0.15, -0.1) is 11.6 Å². The molecule has 20 heavy (non-hydrogen) atoms. The van der Waals surface area contributed by atoms with E-state index in [-0.39, 0.29) is 22.6 Å². The Kier molecular flexibility index (Phi) is 5.57. The van der Waals surface area contributed by atoms with Crippen molar-refractivity contribution in [3.8, 4) is 0 Å². The summed E-state index contributed by atoms with van der Waals surface area (Å²) in [4.78, 5) is 22.8. The number of carboxylic acids is 2. The lowest BCUT2D eigenvalue weighted by molar-refractivity contribution is 0.0694. The molecule has 0 aromatic heterocycles. The summed E-state index contributed by atoms with van der Waals surface area (Å²) in [6, 6.07) is 1.52. The summed E-state index contributed by atoms with van der Waals surface area (Å²) in [5, 5.41) is 18.6. The molecule has 110 valence electrons. The molecule has 0 radical (unpaired) electrons. The fourth-order valence-corrected chi connectivity index (χ4v) is 2.53.